The fourth-order valence-corrected chi connectivity index (χ4v) is 5.53. The number of phenolic OH excluding ortho intramolecular Hbond substituents is 1. The van der Waals surface area contributed by atoms with Crippen LogP contribution in [0.1, 0.15) is 128 Å². The Morgan fingerprint density at radius 1 is 0.519 bits per heavy atom. The van der Waals surface area contributed by atoms with E-state index in [4.69, 9.17) is 18.9 Å². The molecule has 0 radical (unpaired) electrons. The van der Waals surface area contributed by atoms with Gasteiger partial charge in [0.1, 0.15) is 23.0 Å². The number of hydrogen-bond donors (Lipinski definition) is 1. The minimum Gasteiger partial charge on any atom is -0.507 e. The highest BCUT2D eigenvalue weighted by Gasteiger charge is 2.28. The molecule has 276 valence electrons. The molecule has 0 aliphatic rings. The van der Waals surface area contributed by atoms with Crippen molar-refractivity contribution in [2.24, 2.45) is 0 Å². The van der Waals surface area contributed by atoms with Gasteiger partial charge in [0.2, 0.25) is 0 Å². The topological polar surface area (TPSA) is 108 Å². The number of aryl methyl sites for hydroxylation is 1. The van der Waals surface area contributed by atoms with Crippen molar-refractivity contribution < 1.29 is 38.4 Å². The summed E-state index contributed by atoms with van der Waals surface area (Å²) in [6.07, 6.45) is 5.78. The molecule has 0 atom stereocenters. The second-order valence-corrected chi connectivity index (χ2v) is 15.2. The minimum absolute atomic E-state index is 0.249. The number of phenols is 1. The third kappa shape index (κ3) is 11.7. The van der Waals surface area contributed by atoms with Crippen molar-refractivity contribution in [1.29, 1.82) is 0 Å². The summed E-state index contributed by atoms with van der Waals surface area (Å²) < 4.78 is 22.3. The number of esters is 3. The highest BCUT2D eigenvalue weighted by atomic mass is 16.5. The van der Waals surface area contributed by atoms with Crippen molar-refractivity contribution in [3.8, 4) is 23.0 Å². The summed E-state index contributed by atoms with van der Waals surface area (Å²) in [7, 11) is 0. The molecule has 1 N–H and O–H groups in total. The van der Waals surface area contributed by atoms with Crippen LogP contribution >= 0.6 is 0 Å². The van der Waals surface area contributed by atoms with E-state index in [0.29, 0.717) is 47.2 Å². The van der Waals surface area contributed by atoms with Crippen molar-refractivity contribution in [2.75, 3.05) is 13.2 Å². The molecule has 52 heavy (non-hydrogen) atoms. The zero-order valence-electron chi connectivity index (χ0n) is 31.5. The second-order valence-electron chi connectivity index (χ2n) is 15.2. The first-order chi connectivity index (χ1) is 24.6. The number of ether oxygens (including phenoxy) is 4. The number of benzene rings is 4. The Kier molecular flexibility index (Phi) is 13.7. The molecule has 4 rings (SSSR count). The summed E-state index contributed by atoms with van der Waals surface area (Å²) in [5.41, 5.74) is 3.24. The van der Waals surface area contributed by atoms with E-state index in [1.807, 2.05) is 60.6 Å². The number of aromatic hydroxyl groups is 1. The Morgan fingerprint density at radius 2 is 0.923 bits per heavy atom. The van der Waals surface area contributed by atoms with Crippen LogP contribution in [0.4, 0.5) is 0 Å². The van der Waals surface area contributed by atoms with Crippen LogP contribution in [-0.2, 0) is 15.6 Å². The number of rotatable bonds is 15. The van der Waals surface area contributed by atoms with Gasteiger partial charge in [-0.25, -0.2) is 14.4 Å². The summed E-state index contributed by atoms with van der Waals surface area (Å²) in [4.78, 5) is 37.9. The fourth-order valence-electron chi connectivity index (χ4n) is 5.53. The molecular formula is C44H52O8. The molecule has 0 bridgehead atoms. The van der Waals surface area contributed by atoms with Gasteiger partial charge in [-0.15, -0.1) is 0 Å². The second kappa shape index (κ2) is 17.9. The van der Waals surface area contributed by atoms with Crippen molar-refractivity contribution in [3.05, 3.63) is 118 Å². The highest BCUT2D eigenvalue weighted by molar-refractivity contribution is 5.92. The van der Waals surface area contributed by atoms with E-state index in [0.717, 1.165) is 55.2 Å². The first kappa shape index (κ1) is 39.7. The molecule has 0 saturated carbocycles. The van der Waals surface area contributed by atoms with Gasteiger partial charge in [0, 0.05) is 11.1 Å². The van der Waals surface area contributed by atoms with Gasteiger partial charge in [-0.2, -0.15) is 0 Å². The van der Waals surface area contributed by atoms with Gasteiger partial charge in [0.25, 0.3) is 0 Å². The molecule has 0 aromatic heterocycles. The van der Waals surface area contributed by atoms with Gasteiger partial charge in [-0.3, -0.25) is 0 Å². The molecule has 0 saturated heterocycles. The lowest BCUT2D eigenvalue weighted by atomic mass is 9.78. The zero-order chi connectivity index (χ0) is 37.9. The maximum atomic E-state index is 12.9. The molecule has 4 aromatic rings. The summed E-state index contributed by atoms with van der Waals surface area (Å²) in [5.74, 6) is 0.285. The Hall–Kier alpha value is -5.11. The van der Waals surface area contributed by atoms with Crippen LogP contribution in [0.25, 0.3) is 0 Å². The average Bonchev–Trinajstić information content (AvgIpc) is 3.09. The van der Waals surface area contributed by atoms with Gasteiger partial charge in [0.15, 0.2) is 0 Å². The van der Waals surface area contributed by atoms with Gasteiger partial charge < -0.3 is 24.1 Å². The minimum atomic E-state index is -0.504. The summed E-state index contributed by atoms with van der Waals surface area (Å²) in [5, 5.41) is 10.9. The average molecular weight is 709 g/mol. The van der Waals surface area contributed by atoms with Gasteiger partial charge >= 0.3 is 17.9 Å². The van der Waals surface area contributed by atoms with Crippen LogP contribution in [-0.4, -0.2) is 36.2 Å². The molecule has 0 aliphatic heterocycles. The molecular weight excluding hydrogens is 656 g/mol. The molecule has 8 nitrogen and oxygen atoms in total. The highest BCUT2D eigenvalue weighted by Crippen LogP contribution is 2.40. The Labute approximate surface area is 308 Å². The van der Waals surface area contributed by atoms with Gasteiger partial charge in [0.05, 0.1) is 29.9 Å². The van der Waals surface area contributed by atoms with E-state index < -0.39 is 11.9 Å². The fraction of sp³-hybridized carbons (Fsp3) is 0.386. The lowest BCUT2D eigenvalue weighted by Gasteiger charge is -2.28. The lowest BCUT2D eigenvalue weighted by Crippen LogP contribution is -2.19. The third-order valence-electron chi connectivity index (χ3n) is 8.62. The van der Waals surface area contributed by atoms with E-state index in [1.165, 1.54) is 0 Å². The van der Waals surface area contributed by atoms with Crippen LogP contribution in [0.2, 0.25) is 0 Å². The maximum Gasteiger partial charge on any atom is 0.343 e. The van der Waals surface area contributed by atoms with Crippen LogP contribution in [0.3, 0.4) is 0 Å². The Bertz CT molecular complexity index is 1760. The predicted octanol–water partition coefficient (Wildman–Crippen LogP) is 10.3. The quantitative estimate of drug-likeness (QED) is 0.0739. The third-order valence-corrected chi connectivity index (χ3v) is 8.62. The van der Waals surface area contributed by atoms with Crippen LogP contribution < -0.4 is 14.2 Å². The van der Waals surface area contributed by atoms with Crippen molar-refractivity contribution in [3.63, 3.8) is 0 Å². The Morgan fingerprint density at radius 3 is 1.38 bits per heavy atom. The van der Waals surface area contributed by atoms with Crippen LogP contribution in [0.15, 0.2) is 84.9 Å². The normalized spacial score (nSPS) is 11.5. The number of carbonyl (C=O) groups is 3. The van der Waals surface area contributed by atoms with Crippen molar-refractivity contribution >= 4 is 17.9 Å². The molecule has 8 heteroatoms. The number of unbranched alkanes of at least 4 members (excludes halogenated alkanes) is 5. The molecule has 0 unspecified atom stereocenters. The van der Waals surface area contributed by atoms with Gasteiger partial charge in [-0.05, 0) is 103 Å². The molecule has 0 fully saturated rings. The van der Waals surface area contributed by atoms with E-state index in [2.05, 4.69) is 0 Å². The molecule has 0 aliphatic carbocycles. The number of carbonyl (C=O) groups excluding carboxylic acids is 3. The molecule has 0 amide bonds. The van der Waals surface area contributed by atoms with E-state index >= 15 is 0 Å². The summed E-state index contributed by atoms with van der Waals surface area (Å²) in [6, 6.07) is 23.8. The van der Waals surface area contributed by atoms with Crippen LogP contribution in [0, 0.1) is 6.92 Å². The summed E-state index contributed by atoms with van der Waals surface area (Å²) >= 11 is 0. The molecule has 0 spiro atoms. The largest absolute Gasteiger partial charge is 0.507 e. The van der Waals surface area contributed by atoms with Crippen LogP contribution in [0.5, 0.6) is 23.0 Å². The standard InChI is InChI=1S/C44H52O8/c1-30-14-16-31(17-15-30)41(47)51-35-22-24-36(25-23-35)52-42(48)32-18-20-34(21-19-32)49-26-12-10-8-9-11-13-27-50-40(46)33-28-37(43(2,3)4)39(45)38(29-33)44(5,6)7/h14-25,28-29,45H,8-13,26-27H2,1-7H3. The predicted molar refractivity (Wildman–Crippen MR) is 203 cm³/mol. The van der Waals surface area contributed by atoms with E-state index in [-0.39, 0.29) is 22.5 Å². The Balaban J connectivity index is 1.09. The first-order valence-corrected chi connectivity index (χ1v) is 18.0. The van der Waals surface area contributed by atoms with E-state index in [1.54, 1.807) is 72.8 Å². The van der Waals surface area contributed by atoms with E-state index in [9.17, 15) is 19.5 Å². The smallest absolute Gasteiger partial charge is 0.343 e. The maximum absolute atomic E-state index is 12.9. The molecule has 4 aromatic carbocycles. The van der Waals surface area contributed by atoms with Crippen molar-refractivity contribution in [1.82, 2.24) is 0 Å². The zero-order valence-corrected chi connectivity index (χ0v) is 31.5. The lowest BCUT2D eigenvalue weighted by molar-refractivity contribution is 0.0496. The number of hydrogen-bond acceptors (Lipinski definition) is 8. The first-order valence-electron chi connectivity index (χ1n) is 18.0. The van der Waals surface area contributed by atoms with Gasteiger partial charge in [-0.1, -0.05) is 84.9 Å². The monoisotopic (exact) mass is 708 g/mol. The molecule has 0 heterocycles. The summed E-state index contributed by atoms with van der Waals surface area (Å²) in [6.45, 7) is 15.0. The SMILES string of the molecule is Cc1ccc(C(=O)Oc2ccc(OC(=O)c3ccc(OCCCCCCCCOC(=O)c4cc(C(C)(C)C)c(O)c(C(C)(C)C)c4)cc3)cc2)cc1. The van der Waals surface area contributed by atoms with Crippen molar-refractivity contribution in [2.45, 2.75) is 97.8 Å².